The van der Waals surface area contributed by atoms with E-state index in [-0.39, 0.29) is 6.04 Å². The van der Waals surface area contributed by atoms with Gasteiger partial charge in [0.2, 0.25) is 0 Å². The highest BCUT2D eigenvalue weighted by atomic mass is 35.5. The molecule has 2 aromatic carbocycles. The summed E-state index contributed by atoms with van der Waals surface area (Å²) < 4.78 is 38.6. The lowest BCUT2D eigenvalue weighted by atomic mass is 10.0. The summed E-state index contributed by atoms with van der Waals surface area (Å²) >= 11 is 6.06. The average molecular weight is 383 g/mol. The van der Waals surface area contributed by atoms with Gasteiger partial charge in [0.1, 0.15) is 0 Å². The van der Waals surface area contributed by atoms with E-state index in [0.717, 1.165) is 48.5 Å². The van der Waals surface area contributed by atoms with Gasteiger partial charge in [-0.2, -0.15) is 13.2 Å². The molecule has 2 nitrogen and oxygen atoms in total. The standard InChI is InChI=1S/C20H22ClF3N2/c1-15(12-16-4-2-5-17(13-16)20(22,23)24)25-8-10-26(11-9-25)19-7-3-6-18(21)14-19/h2-7,13-15H,8-12H2,1H3/t15-/m1/s1. The molecule has 0 bridgehead atoms. The topological polar surface area (TPSA) is 6.48 Å². The summed E-state index contributed by atoms with van der Waals surface area (Å²) in [7, 11) is 0. The Kier molecular flexibility index (Phi) is 5.78. The molecular weight excluding hydrogens is 361 g/mol. The van der Waals surface area contributed by atoms with Crippen LogP contribution in [0.2, 0.25) is 5.02 Å². The van der Waals surface area contributed by atoms with Crippen molar-refractivity contribution >= 4 is 17.3 Å². The molecule has 0 unspecified atom stereocenters. The summed E-state index contributed by atoms with van der Waals surface area (Å²) in [5.74, 6) is 0. The maximum absolute atomic E-state index is 12.9. The molecule has 26 heavy (non-hydrogen) atoms. The molecule has 1 atom stereocenters. The fourth-order valence-corrected chi connectivity index (χ4v) is 3.62. The highest BCUT2D eigenvalue weighted by molar-refractivity contribution is 6.30. The molecule has 1 aliphatic heterocycles. The van der Waals surface area contributed by atoms with Crippen LogP contribution in [-0.2, 0) is 12.6 Å². The van der Waals surface area contributed by atoms with Crippen molar-refractivity contribution in [2.45, 2.75) is 25.6 Å². The number of hydrogen-bond acceptors (Lipinski definition) is 2. The molecule has 0 N–H and O–H groups in total. The van der Waals surface area contributed by atoms with Crippen LogP contribution in [0, 0.1) is 0 Å². The van der Waals surface area contributed by atoms with Crippen LogP contribution in [-0.4, -0.2) is 37.1 Å². The fourth-order valence-electron chi connectivity index (χ4n) is 3.44. The zero-order valence-corrected chi connectivity index (χ0v) is 15.4. The summed E-state index contributed by atoms with van der Waals surface area (Å²) in [4.78, 5) is 4.63. The first kappa shape index (κ1) is 19.1. The molecule has 0 amide bonds. The summed E-state index contributed by atoms with van der Waals surface area (Å²) in [6.45, 7) is 5.61. The van der Waals surface area contributed by atoms with Gasteiger partial charge in [0.15, 0.2) is 0 Å². The zero-order chi connectivity index (χ0) is 18.7. The third kappa shape index (κ3) is 4.71. The third-order valence-corrected chi connectivity index (χ3v) is 5.13. The maximum Gasteiger partial charge on any atom is 0.416 e. The average Bonchev–Trinajstić information content (AvgIpc) is 2.61. The zero-order valence-electron chi connectivity index (χ0n) is 14.6. The molecule has 6 heteroatoms. The van der Waals surface area contributed by atoms with Gasteiger partial charge in [-0.25, -0.2) is 0 Å². The molecule has 140 valence electrons. The lowest BCUT2D eigenvalue weighted by Crippen LogP contribution is -2.50. The highest BCUT2D eigenvalue weighted by Crippen LogP contribution is 2.30. The van der Waals surface area contributed by atoms with Crippen molar-refractivity contribution in [2.24, 2.45) is 0 Å². The van der Waals surface area contributed by atoms with Gasteiger partial charge in [-0.3, -0.25) is 4.90 Å². The van der Waals surface area contributed by atoms with Crippen LogP contribution >= 0.6 is 11.6 Å². The Labute approximate surface area is 157 Å². The van der Waals surface area contributed by atoms with Crippen molar-refractivity contribution in [3.8, 4) is 0 Å². The summed E-state index contributed by atoms with van der Waals surface area (Å²) in [5.41, 5.74) is 1.26. The molecule has 0 spiro atoms. The van der Waals surface area contributed by atoms with Crippen LogP contribution < -0.4 is 4.90 Å². The van der Waals surface area contributed by atoms with Gasteiger partial charge in [0.25, 0.3) is 0 Å². The number of rotatable bonds is 4. The number of halogens is 4. The quantitative estimate of drug-likeness (QED) is 0.724. The molecule has 1 saturated heterocycles. The molecule has 2 aromatic rings. The highest BCUT2D eigenvalue weighted by Gasteiger charge is 2.30. The van der Waals surface area contributed by atoms with Gasteiger partial charge < -0.3 is 4.90 Å². The Bertz CT molecular complexity index is 740. The van der Waals surface area contributed by atoms with Gasteiger partial charge in [0, 0.05) is 42.9 Å². The van der Waals surface area contributed by atoms with Crippen molar-refractivity contribution in [1.29, 1.82) is 0 Å². The second-order valence-electron chi connectivity index (χ2n) is 6.75. The van der Waals surface area contributed by atoms with Gasteiger partial charge >= 0.3 is 6.18 Å². The molecule has 0 saturated carbocycles. The molecule has 0 aliphatic carbocycles. The predicted octanol–water partition coefficient (Wildman–Crippen LogP) is 5.11. The van der Waals surface area contributed by atoms with Gasteiger partial charge in [0.05, 0.1) is 5.56 Å². The molecule has 1 aliphatic rings. The van der Waals surface area contributed by atoms with E-state index in [1.54, 1.807) is 6.07 Å². The van der Waals surface area contributed by atoms with Crippen molar-refractivity contribution in [3.63, 3.8) is 0 Å². The Morgan fingerprint density at radius 2 is 1.69 bits per heavy atom. The largest absolute Gasteiger partial charge is 0.416 e. The lowest BCUT2D eigenvalue weighted by molar-refractivity contribution is -0.137. The van der Waals surface area contributed by atoms with E-state index in [1.807, 2.05) is 24.3 Å². The second-order valence-corrected chi connectivity index (χ2v) is 7.19. The lowest BCUT2D eigenvalue weighted by Gasteiger charge is -2.39. The number of nitrogens with zero attached hydrogens (tertiary/aromatic N) is 2. The smallest absolute Gasteiger partial charge is 0.369 e. The maximum atomic E-state index is 12.9. The first-order valence-electron chi connectivity index (χ1n) is 8.73. The fraction of sp³-hybridized carbons (Fsp3) is 0.400. The third-order valence-electron chi connectivity index (χ3n) is 4.90. The van der Waals surface area contributed by atoms with Gasteiger partial charge in [-0.1, -0.05) is 35.9 Å². The summed E-state index contributed by atoms with van der Waals surface area (Å²) in [6.07, 6.45) is -3.68. The molecule has 0 aromatic heterocycles. The van der Waals surface area contributed by atoms with E-state index < -0.39 is 11.7 Å². The van der Waals surface area contributed by atoms with Crippen LogP contribution in [0.15, 0.2) is 48.5 Å². The van der Waals surface area contributed by atoms with Crippen LogP contribution in [0.5, 0.6) is 0 Å². The molecule has 1 fully saturated rings. The number of piperazine rings is 1. The normalized spacial score (nSPS) is 17.3. The molecule has 1 heterocycles. The Hall–Kier alpha value is -1.72. The van der Waals surface area contributed by atoms with Crippen LogP contribution in [0.3, 0.4) is 0 Å². The summed E-state index contributed by atoms with van der Waals surface area (Å²) in [6, 6.07) is 13.7. The van der Waals surface area contributed by atoms with E-state index in [4.69, 9.17) is 11.6 Å². The minimum atomic E-state index is -4.29. The molecule has 0 radical (unpaired) electrons. The number of alkyl halides is 3. The monoisotopic (exact) mass is 382 g/mol. The van der Waals surface area contributed by atoms with E-state index in [0.29, 0.717) is 6.42 Å². The van der Waals surface area contributed by atoms with Crippen molar-refractivity contribution in [2.75, 3.05) is 31.1 Å². The second kappa shape index (κ2) is 7.89. The molecular formula is C20H22ClF3N2. The Morgan fingerprint density at radius 3 is 2.35 bits per heavy atom. The predicted molar refractivity (Wildman–Crippen MR) is 99.8 cm³/mol. The van der Waals surface area contributed by atoms with Gasteiger partial charge in [-0.15, -0.1) is 0 Å². The number of benzene rings is 2. The first-order chi connectivity index (χ1) is 12.3. The minimum Gasteiger partial charge on any atom is -0.369 e. The molecule has 3 rings (SSSR count). The SMILES string of the molecule is C[C@H](Cc1cccc(C(F)(F)F)c1)N1CCN(c2cccc(Cl)c2)CC1. The number of hydrogen-bond donors (Lipinski definition) is 0. The van der Waals surface area contributed by atoms with Gasteiger partial charge in [-0.05, 0) is 43.2 Å². The van der Waals surface area contributed by atoms with E-state index in [9.17, 15) is 13.2 Å². The van der Waals surface area contributed by atoms with Crippen LogP contribution in [0.25, 0.3) is 0 Å². The Morgan fingerprint density at radius 1 is 1.00 bits per heavy atom. The van der Waals surface area contributed by atoms with Crippen LogP contribution in [0.1, 0.15) is 18.1 Å². The minimum absolute atomic E-state index is 0.194. The Balaban J connectivity index is 1.58. The summed E-state index contributed by atoms with van der Waals surface area (Å²) in [5, 5.41) is 0.725. The van der Waals surface area contributed by atoms with Crippen LogP contribution in [0.4, 0.5) is 18.9 Å². The van der Waals surface area contributed by atoms with Crippen molar-refractivity contribution < 1.29 is 13.2 Å². The first-order valence-corrected chi connectivity index (χ1v) is 9.11. The van der Waals surface area contributed by atoms with E-state index >= 15 is 0 Å². The van der Waals surface area contributed by atoms with E-state index in [1.165, 1.54) is 12.1 Å². The number of anilines is 1. The van der Waals surface area contributed by atoms with E-state index in [2.05, 4.69) is 16.7 Å². The van der Waals surface area contributed by atoms with Crippen molar-refractivity contribution in [1.82, 2.24) is 4.90 Å². The van der Waals surface area contributed by atoms with Crippen molar-refractivity contribution in [3.05, 3.63) is 64.7 Å².